The number of amides is 12. The van der Waals surface area contributed by atoms with E-state index in [2.05, 4.69) is 16.0 Å². The average molecular weight is 1460 g/mol. The third kappa shape index (κ3) is 20.5. The number of likely N-dealkylation sites (tertiary alicyclic amines) is 1. The summed E-state index contributed by atoms with van der Waals surface area (Å²) in [6.07, 6.45) is 2.45. The van der Waals surface area contributed by atoms with Gasteiger partial charge in [0.05, 0.1) is 38.5 Å². The van der Waals surface area contributed by atoms with Crippen LogP contribution in [0.25, 0.3) is 0 Å². The number of likely N-dealkylation sites (N-methyl/N-ethyl adjacent to an activating group) is 7. The minimum Gasteiger partial charge on any atom is -0.343 e. The molecule has 11 atom stereocenters. The molecule has 3 N–H and O–H groups in total. The van der Waals surface area contributed by atoms with E-state index in [9.17, 15) is 51.5 Å². The van der Waals surface area contributed by atoms with Crippen LogP contribution in [0.1, 0.15) is 188 Å². The molecule has 12 amide bonds. The van der Waals surface area contributed by atoms with E-state index in [0.29, 0.717) is 69.4 Å². The highest BCUT2D eigenvalue weighted by Crippen LogP contribution is 2.45. The SMILES string of the molecule is CC[C@H](C)[C@@H]1NC(=O)[C@H](CC(C)C)N(C)C(=O)C[C@@H](C(=O)N2CCCC2)N(C)C(=O)[C@H](C2CCCCC2)N(C)C(=O)C2(CCC2)NC(=O)[C@@H]2CC(F)(F)CN2C(=O)[C@H](CCC2CCC(C(F)(F)F)C(Cl)C2)NC(=O)CN(C)C(=O)[C@H](CC2CCCCC2)N(C)C(=O)CN(C)C(=O)CN(C)C1=O. The average Bonchev–Trinajstić information content (AvgIpc) is 1.74. The molecule has 3 saturated heterocycles. The van der Waals surface area contributed by atoms with Gasteiger partial charge in [-0.15, -0.1) is 11.6 Å². The molecule has 570 valence electrons. The molecular formula is C71H112ClF5N12O12. The third-order valence-electron chi connectivity index (χ3n) is 23.0. The fourth-order valence-electron chi connectivity index (χ4n) is 16.2. The number of nitrogens with one attached hydrogen (secondary N) is 3. The zero-order valence-corrected chi connectivity index (χ0v) is 62.0. The fourth-order valence-corrected chi connectivity index (χ4v) is 16.7. The van der Waals surface area contributed by atoms with Crippen molar-refractivity contribution in [2.75, 3.05) is 88.6 Å². The van der Waals surface area contributed by atoms with Gasteiger partial charge in [0, 0.05) is 74.2 Å². The lowest BCUT2D eigenvalue weighted by Crippen LogP contribution is -2.68. The Labute approximate surface area is 597 Å². The van der Waals surface area contributed by atoms with Crippen LogP contribution in [0, 0.1) is 35.5 Å². The normalized spacial score (nSPS) is 30.2. The zero-order chi connectivity index (χ0) is 74.7. The summed E-state index contributed by atoms with van der Waals surface area (Å²) in [6.45, 7) is 4.74. The Balaban J connectivity index is 1.28. The summed E-state index contributed by atoms with van der Waals surface area (Å²) in [7, 11) is 9.61. The van der Waals surface area contributed by atoms with Crippen molar-refractivity contribution in [3.05, 3.63) is 0 Å². The van der Waals surface area contributed by atoms with E-state index in [-0.39, 0.29) is 69.6 Å². The van der Waals surface area contributed by atoms with E-state index in [0.717, 1.165) is 53.2 Å². The molecule has 4 aliphatic carbocycles. The molecule has 4 saturated carbocycles. The first kappa shape index (κ1) is 81.9. The molecule has 1 spiro atoms. The third-order valence-corrected chi connectivity index (χ3v) is 23.5. The second-order valence-corrected chi connectivity index (χ2v) is 31.4. The van der Waals surface area contributed by atoms with E-state index < -0.39 is 199 Å². The standard InChI is InChI=1S/C71H112ClF5N12O12/c1-12-44(4)59-66(99)83(7)40-57(92)81(5)41-58(93)85(9)52(36-45-22-15-13-16-23-45)64(97)82(6)39-55(90)78-50(29-27-46-26-28-48(49(72)35-46)71(75,76)77)63(96)89-42-70(73,74)38-54(89)62(95)80-69(30-21-31-69)68(101)87(11)60(47-24-17-14-18-25-47)67(100)86(10)53(65(98)88-32-19-20-33-88)37-56(91)84(8)51(34-43(2)3)61(94)79-59/h43-54,59-60H,12-42H2,1-11H3,(H,78,90)(H,79,94)(H,80,95)/t44-,46?,48?,49?,50-,51-,52-,53-,54-,59-,60-/m0/s1. The van der Waals surface area contributed by atoms with E-state index in [1.165, 1.54) is 68.9 Å². The summed E-state index contributed by atoms with van der Waals surface area (Å²) in [5.74, 6) is -16.6. The Kier molecular flexibility index (Phi) is 28.7. The number of carbonyl (C=O) groups is 12. The van der Waals surface area contributed by atoms with Gasteiger partial charge in [-0.1, -0.05) is 85.5 Å². The van der Waals surface area contributed by atoms with Crippen LogP contribution in [-0.4, -0.2) is 269 Å². The molecule has 7 fully saturated rings. The maximum Gasteiger partial charge on any atom is 0.393 e. The molecule has 30 heteroatoms. The van der Waals surface area contributed by atoms with Crippen LogP contribution in [0.3, 0.4) is 0 Å². The number of alkyl halides is 6. The number of hydrogen-bond acceptors (Lipinski definition) is 12. The number of carbonyl (C=O) groups excluding carboxylic acids is 12. The van der Waals surface area contributed by atoms with Gasteiger partial charge in [-0.2, -0.15) is 13.2 Å². The molecule has 3 unspecified atom stereocenters. The van der Waals surface area contributed by atoms with Crippen LogP contribution >= 0.6 is 11.6 Å². The summed E-state index contributed by atoms with van der Waals surface area (Å²) >= 11 is 6.34. The number of halogens is 6. The molecule has 101 heavy (non-hydrogen) atoms. The van der Waals surface area contributed by atoms with Crippen LogP contribution in [0.4, 0.5) is 22.0 Å². The van der Waals surface area contributed by atoms with Crippen LogP contribution in [0.2, 0.25) is 0 Å². The van der Waals surface area contributed by atoms with Crippen LogP contribution in [0.15, 0.2) is 0 Å². The predicted molar refractivity (Wildman–Crippen MR) is 366 cm³/mol. The highest BCUT2D eigenvalue weighted by molar-refractivity contribution is 6.21. The summed E-state index contributed by atoms with van der Waals surface area (Å²) in [6, 6.07) is -10.0. The molecule has 0 aromatic rings. The number of rotatable bonds is 11. The Morgan fingerprint density at radius 3 is 1.78 bits per heavy atom. The van der Waals surface area contributed by atoms with Gasteiger partial charge in [0.25, 0.3) is 5.92 Å². The van der Waals surface area contributed by atoms with Crippen molar-refractivity contribution < 1.29 is 79.5 Å². The van der Waals surface area contributed by atoms with E-state index >= 15 is 28.0 Å². The lowest BCUT2D eigenvalue weighted by atomic mass is 9.74. The van der Waals surface area contributed by atoms with E-state index in [4.69, 9.17) is 11.6 Å². The molecule has 7 rings (SSSR count). The lowest BCUT2D eigenvalue weighted by Gasteiger charge is -2.47. The quantitative estimate of drug-likeness (QED) is 0.160. The van der Waals surface area contributed by atoms with Crippen LogP contribution in [-0.2, 0) is 57.5 Å². The summed E-state index contributed by atoms with van der Waals surface area (Å²) in [5, 5.41) is 6.91. The molecule has 3 heterocycles. The Hall–Kier alpha value is -6.42. The van der Waals surface area contributed by atoms with Crippen molar-refractivity contribution in [1.29, 1.82) is 0 Å². The second kappa shape index (κ2) is 35.4. The first-order chi connectivity index (χ1) is 47.4. The van der Waals surface area contributed by atoms with Gasteiger partial charge in [0.2, 0.25) is 70.9 Å². The number of nitrogens with zero attached hydrogens (tertiary/aromatic N) is 9. The minimum absolute atomic E-state index is 0.00333. The highest BCUT2D eigenvalue weighted by atomic mass is 35.5. The molecule has 0 aromatic heterocycles. The van der Waals surface area contributed by atoms with Crippen molar-refractivity contribution in [3.8, 4) is 0 Å². The highest BCUT2D eigenvalue weighted by Gasteiger charge is 2.56. The van der Waals surface area contributed by atoms with Gasteiger partial charge >= 0.3 is 6.18 Å². The number of fused-ring (bicyclic) bond motifs is 1. The topological polar surface area (TPSA) is 270 Å². The summed E-state index contributed by atoms with van der Waals surface area (Å²) < 4.78 is 74.2. The van der Waals surface area contributed by atoms with Crippen molar-refractivity contribution in [1.82, 2.24) is 60.0 Å². The Morgan fingerprint density at radius 1 is 0.614 bits per heavy atom. The maximum absolute atomic E-state index is 16.1. The van der Waals surface area contributed by atoms with Gasteiger partial charge in [-0.25, -0.2) is 8.78 Å². The van der Waals surface area contributed by atoms with Gasteiger partial charge in [-0.3, -0.25) is 57.5 Å². The smallest absolute Gasteiger partial charge is 0.343 e. The monoisotopic (exact) mass is 1450 g/mol. The van der Waals surface area contributed by atoms with Gasteiger partial charge in [0.1, 0.15) is 47.8 Å². The van der Waals surface area contributed by atoms with Gasteiger partial charge in [0.15, 0.2) is 0 Å². The summed E-state index contributed by atoms with van der Waals surface area (Å²) in [4.78, 5) is 189. The fraction of sp³-hybridized carbons (Fsp3) is 0.831. The first-order valence-electron chi connectivity index (χ1n) is 36.8. The molecule has 0 radical (unpaired) electrons. The Bertz CT molecular complexity index is 2980. The molecular weight excluding hydrogens is 1340 g/mol. The number of hydrogen-bond donors (Lipinski definition) is 3. The summed E-state index contributed by atoms with van der Waals surface area (Å²) in [5.41, 5.74) is -1.79. The molecule has 3 aliphatic heterocycles. The van der Waals surface area contributed by atoms with Crippen LogP contribution in [0.5, 0.6) is 0 Å². The predicted octanol–water partition coefficient (Wildman–Crippen LogP) is 5.95. The lowest BCUT2D eigenvalue weighted by molar-refractivity contribution is -0.182. The second-order valence-electron chi connectivity index (χ2n) is 30.9. The first-order valence-corrected chi connectivity index (χ1v) is 37.2. The van der Waals surface area contributed by atoms with Crippen molar-refractivity contribution in [3.63, 3.8) is 0 Å². The molecule has 0 bridgehead atoms. The van der Waals surface area contributed by atoms with Crippen molar-refractivity contribution in [2.24, 2.45) is 35.5 Å². The Morgan fingerprint density at radius 2 is 1.21 bits per heavy atom. The van der Waals surface area contributed by atoms with Crippen molar-refractivity contribution >= 4 is 82.5 Å². The zero-order valence-electron chi connectivity index (χ0n) is 61.2. The van der Waals surface area contributed by atoms with Gasteiger partial charge in [-0.05, 0) is 119 Å². The van der Waals surface area contributed by atoms with E-state index in [1.54, 1.807) is 11.8 Å². The molecule has 7 aliphatic rings. The largest absolute Gasteiger partial charge is 0.393 e. The van der Waals surface area contributed by atoms with Crippen molar-refractivity contribution in [2.45, 2.75) is 254 Å². The van der Waals surface area contributed by atoms with E-state index in [1.807, 2.05) is 20.8 Å². The molecule has 0 aromatic carbocycles. The molecule has 24 nitrogen and oxygen atoms in total. The minimum atomic E-state index is -4.58. The van der Waals surface area contributed by atoms with Gasteiger partial charge < -0.3 is 60.0 Å². The van der Waals surface area contributed by atoms with Crippen LogP contribution < -0.4 is 16.0 Å². The maximum atomic E-state index is 16.1.